The van der Waals surface area contributed by atoms with Crippen molar-refractivity contribution < 1.29 is 18.7 Å². The SMILES string of the molecule is COC(=O)c1nc2n(c1I)CCOc1cc(F)c(Br)cc1-2. The van der Waals surface area contributed by atoms with Crippen LogP contribution in [0.5, 0.6) is 5.75 Å². The highest BCUT2D eigenvalue weighted by molar-refractivity contribution is 14.1. The highest BCUT2D eigenvalue weighted by Crippen LogP contribution is 2.37. The predicted octanol–water partition coefficient (Wildman–Crippen LogP) is 3.24. The first kappa shape index (κ1) is 14.8. The number of hydrogen-bond donors (Lipinski definition) is 0. The molecule has 0 fully saturated rings. The number of carbonyl (C=O) groups excluding carboxylic acids is 1. The van der Waals surface area contributed by atoms with Crippen molar-refractivity contribution in [3.05, 3.63) is 31.8 Å². The number of aromatic nitrogens is 2. The van der Waals surface area contributed by atoms with E-state index >= 15 is 0 Å². The molecule has 2 aromatic rings. The van der Waals surface area contributed by atoms with E-state index in [1.54, 1.807) is 6.07 Å². The van der Waals surface area contributed by atoms with Crippen molar-refractivity contribution in [3.63, 3.8) is 0 Å². The van der Waals surface area contributed by atoms with Crippen LogP contribution >= 0.6 is 38.5 Å². The van der Waals surface area contributed by atoms with Gasteiger partial charge in [-0.15, -0.1) is 0 Å². The van der Waals surface area contributed by atoms with Gasteiger partial charge in [0.2, 0.25) is 0 Å². The zero-order valence-electron chi connectivity index (χ0n) is 10.8. The zero-order chi connectivity index (χ0) is 15.1. The van der Waals surface area contributed by atoms with E-state index in [9.17, 15) is 9.18 Å². The average molecular weight is 467 g/mol. The summed E-state index contributed by atoms with van der Waals surface area (Å²) in [6.45, 7) is 0.888. The maximum absolute atomic E-state index is 13.7. The molecule has 1 aromatic heterocycles. The number of rotatable bonds is 1. The molecule has 21 heavy (non-hydrogen) atoms. The molecule has 0 saturated carbocycles. The molecule has 3 rings (SSSR count). The number of carbonyl (C=O) groups is 1. The Hall–Kier alpha value is -1.16. The first-order valence-electron chi connectivity index (χ1n) is 5.99. The van der Waals surface area contributed by atoms with Crippen molar-refractivity contribution in [1.82, 2.24) is 9.55 Å². The lowest BCUT2D eigenvalue weighted by atomic mass is 10.2. The van der Waals surface area contributed by atoms with E-state index in [0.717, 1.165) is 0 Å². The lowest BCUT2D eigenvalue weighted by Crippen LogP contribution is -2.09. The summed E-state index contributed by atoms with van der Waals surface area (Å²) in [6, 6.07) is 2.92. The summed E-state index contributed by atoms with van der Waals surface area (Å²) in [5.74, 6) is 0.0699. The molecule has 0 atom stereocenters. The van der Waals surface area contributed by atoms with Gasteiger partial charge in [0.05, 0.1) is 23.7 Å². The lowest BCUT2D eigenvalue weighted by Gasteiger charge is -2.07. The van der Waals surface area contributed by atoms with Crippen molar-refractivity contribution in [2.45, 2.75) is 6.54 Å². The first-order valence-corrected chi connectivity index (χ1v) is 7.86. The number of halogens is 3. The molecule has 0 saturated heterocycles. The summed E-state index contributed by atoms with van der Waals surface area (Å²) in [5, 5.41) is 0. The lowest BCUT2D eigenvalue weighted by molar-refractivity contribution is 0.0593. The van der Waals surface area contributed by atoms with Gasteiger partial charge in [0, 0.05) is 6.07 Å². The highest BCUT2D eigenvalue weighted by atomic mass is 127. The topological polar surface area (TPSA) is 53.3 Å². The van der Waals surface area contributed by atoms with Gasteiger partial charge in [-0.1, -0.05) is 0 Å². The van der Waals surface area contributed by atoms with Crippen LogP contribution in [0, 0.1) is 9.52 Å². The van der Waals surface area contributed by atoms with E-state index < -0.39 is 11.8 Å². The fourth-order valence-corrected chi connectivity index (χ4v) is 3.29. The van der Waals surface area contributed by atoms with Crippen LogP contribution in [-0.2, 0) is 11.3 Å². The van der Waals surface area contributed by atoms with Gasteiger partial charge >= 0.3 is 5.97 Å². The van der Waals surface area contributed by atoms with Crippen molar-refractivity contribution in [2.75, 3.05) is 13.7 Å². The minimum Gasteiger partial charge on any atom is -0.491 e. The van der Waals surface area contributed by atoms with Crippen LogP contribution in [0.15, 0.2) is 16.6 Å². The Morgan fingerprint density at radius 1 is 1.57 bits per heavy atom. The van der Waals surface area contributed by atoms with Crippen LogP contribution in [0.25, 0.3) is 11.4 Å². The standard InChI is InChI=1S/C13H9BrFIN2O3/c1-20-13(19)10-11(16)18-2-3-21-9-5-8(15)7(14)4-6(9)12(18)17-10/h4-5H,2-3H2,1H3. The van der Waals surface area contributed by atoms with Crippen LogP contribution < -0.4 is 4.74 Å². The van der Waals surface area contributed by atoms with E-state index in [0.29, 0.717) is 38.5 Å². The van der Waals surface area contributed by atoms with Gasteiger partial charge < -0.3 is 14.0 Å². The quantitative estimate of drug-likeness (QED) is 0.478. The molecule has 5 nitrogen and oxygen atoms in total. The van der Waals surface area contributed by atoms with E-state index in [2.05, 4.69) is 20.9 Å². The molecule has 0 spiro atoms. The summed E-state index contributed by atoms with van der Waals surface area (Å²) in [6.07, 6.45) is 0. The first-order chi connectivity index (χ1) is 10.0. The number of esters is 1. The van der Waals surface area contributed by atoms with E-state index in [-0.39, 0.29) is 5.69 Å². The number of ether oxygens (including phenoxy) is 2. The third kappa shape index (κ3) is 2.44. The summed E-state index contributed by atoms with van der Waals surface area (Å²) in [4.78, 5) is 16.1. The summed E-state index contributed by atoms with van der Waals surface area (Å²) in [5.41, 5.74) is 0.884. The average Bonchev–Trinajstić information content (AvgIpc) is 2.68. The minimum absolute atomic E-state index is 0.251. The van der Waals surface area contributed by atoms with E-state index in [1.807, 2.05) is 27.2 Å². The fraction of sp³-hybridized carbons (Fsp3) is 0.231. The van der Waals surface area contributed by atoms with Crippen LogP contribution in [-0.4, -0.2) is 29.2 Å². The third-order valence-electron chi connectivity index (χ3n) is 3.12. The molecule has 0 unspecified atom stereocenters. The van der Waals surface area contributed by atoms with Crippen LogP contribution in [0.1, 0.15) is 10.5 Å². The third-order valence-corrected chi connectivity index (χ3v) is 4.82. The Kier molecular flexibility index (Phi) is 3.91. The molecule has 0 amide bonds. The number of fused-ring (bicyclic) bond motifs is 3. The molecule has 1 aliphatic heterocycles. The molecule has 110 valence electrons. The molecule has 2 heterocycles. The fourth-order valence-electron chi connectivity index (χ4n) is 2.14. The maximum Gasteiger partial charge on any atom is 0.359 e. The second-order valence-electron chi connectivity index (χ2n) is 4.33. The molecule has 0 aliphatic carbocycles. The van der Waals surface area contributed by atoms with Gasteiger partial charge in [-0.3, -0.25) is 0 Å². The Labute approximate surface area is 141 Å². The predicted molar refractivity (Wildman–Crippen MR) is 84.9 cm³/mol. The van der Waals surface area contributed by atoms with Crippen LogP contribution in [0.4, 0.5) is 4.39 Å². The normalized spacial score (nSPS) is 13.0. The van der Waals surface area contributed by atoms with Gasteiger partial charge in [0.1, 0.15) is 27.7 Å². The van der Waals surface area contributed by atoms with Crippen molar-refractivity contribution in [3.8, 4) is 17.1 Å². The Bertz CT molecular complexity index is 748. The number of hydrogen-bond acceptors (Lipinski definition) is 4. The molecular weight excluding hydrogens is 458 g/mol. The zero-order valence-corrected chi connectivity index (χ0v) is 14.6. The largest absolute Gasteiger partial charge is 0.491 e. The van der Waals surface area contributed by atoms with Crippen molar-refractivity contribution in [2.24, 2.45) is 0 Å². The molecule has 0 radical (unpaired) electrons. The highest BCUT2D eigenvalue weighted by Gasteiger charge is 2.26. The second kappa shape index (κ2) is 5.56. The molecule has 0 N–H and O–H groups in total. The molecule has 8 heteroatoms. The van der Waals surface area contributed by atoms with Gasteiger partial charge in [0.25, 0.3) is 0 Å². The Morgan fingerprint density at radius 2 is 2.33 bits per heavy atom. The summed E-state index contributed by atoms with van der Waals surface area (Å²) in [7, 11) is 1.31. The molecule has 1 aliphatic rings. The second-order valence-corrected chi connectivity index (χ2v) is 6.21. The van der Waals surface area contributed by atoms with E-state index in [1.165, 1.54) is 13.2 Å². The number of methoxy groups -OCH3 is 1. The smallest absolute Gasteiger partial charge is 0.359 e. The molecule has 0 bridgehead atoms. The van der Waals surface area contributed by atoms with Gasteiger partial charge in [-0.05, 0) is 44.6 Å². The number of benzene rings is 1. The van der Waals surface area contributed by atoms with Crippen LogP contribution in [0.3, 0.4) is 0 Å². The summed E-state index contributed by atoms with van der Waals surface area (Å²) >= 11 is 5.21. The number of nitrogens with zero attached hydrogens (tertiary/aromatic N) is 2. The Morgan fingerprint density at radius 3 is 3.05 bits per heavy atom. The number of imidazole rings is 1. The maximum atomic E-state index is 13.7. The monoisotopic (exact) mass is 466 g/mol. The molecule has 1 aromatic carbocycles. The Balaban J connectivity index is 2.24. The van der Waals surface area contributed by atoms with Gasteiger partial charge in [-0.25, -0.2) is 14.2 Å². The van der Waals surface area contributed by atoms with E-state index in [4.69, 9.17) is 9.47 Å². The van der Waals surface area contributed by atoms with Gasteiger partial charge in [0.15, 0.2) is 5.69 Å². The van der Waals surface area contributed by atoms with Gasteiger partial charge in [-0.2, -0.15) is 0 Å². The molecular formula is C13H9BrFIN2O3. The summed E-state index contributed by atoms with van der Waals surface area (Å²) < 4.78 is 26.8. The van der Waals surface area contributed by atoms with Crippen molar-refractivity contribution >= 4 is 44.5 Å². The van der Waals surface area contributed by atoms with Crippen molar-refractivity contribution in [1.29, 1.82) is 0 Å². The van der Waals surface area contributed by atoms with Crippen LogP contribution in [0.2, 0.25) is 0 Å². The minimum atomic E-state index is -0.497.